The fraction of sp³-hybridized carbons (Fsp3) is 0.765. The van der Waals surface area contributed by atoms with E-state index in [0.717, 1.165) is 32.3 Å². The van der Waals surface area contributed by atoms with Crippen LogP contribution in [0.15, 0.2) is 24.3 Å². The maximum absolute atomic E-state index is 12.6. The number of carbonyl (C=O) groups excluding carboxylic acids is 2. The fourth-order valence-electron chi connectivity index (χ4n) is 5.47. The molecule has 1 fully saturated rings. The van der Waals surface area contributed by atoms with Crippen LogP contribution in [0.4, 0.5) is 5.69 Å². The lowest BCUT2D eigenvalue weighted by Crippen LogP contribution is -2.32. The Bertz CT molecular complexity index is 761. The van der Waals surface area contributed by atoms with Crippen LogP contribution < -0.4 is 10.6 Å². The topological polar surface area (TPSA) is 67.4 Å². The van der Waals surface area contributed by atoms with Crippen molar-refractivity contribution in [3.63, 3.8) is 0 Å². The first-order valence-electron chi connectivity index (χ1n) is 16.5. The number of benzene rings is 1. The number of para-hydroxylation sites is 1. The molecule has 2 N–H and O–H groups in total. The van der Waals surface area contributed by atoms with E-state index < -0.39 is 0 Å². The van der Waals surface area contributed by atoms with Gasteiger partial charge in [0.25, 0.3) is 5.91 Å². The highest BCUT2D eigenvalue weighted by Crippen LogP contribution is 2.18. The Kier molecular flexibility index (Phi) is 19.6. The summed E-state index contributed by atoms with van der Waals surface area (Å²) in [6.07, 6.45) is 28.2. The molecule has 2 amide bonds. The molecule has 0 radical (unpaired) electrons. The van der Waals surface area contributed by atoms with Crippen LogP contribution in [-0.4, -0.2) is 31.1 Å². The number of hydrogen-bond donors (Lipinski definition) is 2. The van der Waals surface area contributed by atoms with Gasteiger partial charge in [0.2, 0.25) is 5.91 Å². The molecular weight excluding hydrogens is 484 g/mol. The quantitative estimate of drug-likeness (QED) is 0.128. The summed E-state index contributed by atoms with van der Waals surface area (Å²) in [5, 5.41) is 5.89. The molecule has 1 aromatic carbocycles. The van der Waals surface area contributed by atoms with Gasteiger partial charge >= 0.3 is 0 Å². The molecule has 1 aliphatic heterocycles. The molecule has 5 nitrogen and oxygen atoms in total. The van der Waals surface area contributed by atoms with Crippen LogP contribution in [0, 0.1) is 0 Å². The van der Waals surface area contributed by atoms with Crippen molar-refractivity contribution in [2.45, 2.75) is 154 Å². The van der Waals surface area contributed by atoms with Crippen LogP contribution in [0.1, 0.15) is 159 Å². The number of unbranched alkanes of at least 4 members (excludes halogenated alkanes) is 18. The van der Waals surface area contributed by atoms with E-state index in [4.69, 9.17) is 4.74 Å². The first-order valence-corrected chi connectivity index (χ1v) is 16.5. The van der Waals surface area contributed by atoms with Crippen molar-refractivity contribution < 1.29 is 14.3 Å². The molecule has 1 unspecified atom stereocenters. The Labute approximate surface area is 239 Å². The summed E-state index contributed by atoms with van der Waals surface area (Å²) < 4.78 is 5.58. The van der Waals surface area contributed by atoms with Gasteiger partial charge in [0.15, 0.2) is 0 Å². The number of ether oxygens (including phenoxy) is 1. The largest absolute Gasteiger partial charge is 0.376 e. The monoisotopic (exact) mass is 542 g/mol. The standard InChI is InChI=1S/C34H58N2O3/c1-2-3-4-5-6-7-8-9-10-11-12-13-14-15-16-17-18-19-20-27-33(37)36-32-26-22-21-25-31(32)34(38)35-29-30-24-23-28-39-30/h21-22,25-26,30H,2-20,23-24,27-29H2,1H3,(H,35,38)(H,36,37). The minimum Gasteiger partial charge on any atom is -0.376 e. The van der Waals surface area contributed by atoms with E-state index in [1.54, 1.807) is 12.1 Å². The predicted octanol–water partition coefficient (Wildman–Crippen LogP) is 9.36. The van der Waals surface area contributed by atoms with Crippen molar-refractivity contribution in [3.05, 3.63) is 29.8 Å². The van der Waals surface area contributed by atoms with E-state index in [9.17, 15) is 9.59 Å². The molecule has 39 heavy (non-hydrogen) atoms. The van der Waals surface area contributed by atoms with E-state index in [-0.39, 0.29) is 17.9 Å². The minimum absolute atomic E-state index is 0.0126. The summed E-state index contributed by atoms with van der Waals surface area (Å²) in [5.41, 5.74) is 1.10. The smallest absolute Gasteiger partial charge is 0.253 e. The molecule has 0 bridgehead atoms. The SMILES string of the molecule is CCCCCCCCCCCCCCCCCCCCCC(=O)Nc1ccccc1C(=O)NCC1CCCO1. The van der Waals surface area contributed by atoms with Crippen LogP contribution in [0.3, 0.4) is 0 Å². The summed E-state index contributed by atoms with van der Waals surface area (Å²) in [5.74, 6) is -0.175. The Morgan fingerprint density at radius 3 is 1.77 bits per heavy atom. The second-order valence-electron chi connectivity index (χ2n) is 11.6. The fourth-order valence-corrected chi connectivity index (χ4v) is 5.47. The second kappa shape index (κ2) is 22.9. The lowest BCUT2D eigenvalue weighted by molar-refractivity contribution is -0.116. The first kappa shape index (κ1) is 33.3. The van der Waals surface area contributed by atoms with Crippen LogP contribution in [0.2, 0.25) is 0 Å². The molecule has 1 aromatic rings. The zero-order valence-electron chi connectivity index (χ0n) is 25.1. The molecule has 2 rings (SSSR count). The molecule has 1 aliphatic rings. The Morgan fingerprint density at radius 2 is 1.26 bits per heavy atom. The third kappa shape index (κ3) is 16.7. The molecule has 1 saturated heterocycles. The van der Waals surface area contributed by atoms with Crippen LogP contribution in [0.25, 0.3) is 0 Å². The van der Waals surface area contributed by atoms with Crippen molar-refractivity contribution in [2.24, 2.45) is 0 Å². The Hall–Kier alpha value is -1.88. The van der Waals surface area contributed by atoms with Gasteiger partial charge in [-0.25, -0.2) is 0 Å². The van der Waals surface area contributed by atoms with Crippen molar-refractivity contribution in [3.8, 4) is 0 Å². The van der Waals surface area contributed by atoms with Crippen molar-refractivity contribution in [1.29, 1.82) is 0 Å². The molecule has 5 heteroatoms. The van der Waals surface area contributed by atoms with E-state index in [1.165, 1.54) is 109 Å². The summed E-state index contributed by atoms with van der Waals surface area (Å²) in [6.45, 7) is 3.57. The van der Waals surface area contributed by atoms with Gasteiger partial charge in [0.1, 0.15) is 0 Å². The normalized spacial score (nSPS) is 14.9. The number of rotatable bonds is 24. The van der Waals surface area contributed by atoms with Gasteiger partial charge < -0.3 is 15.4 Å². The van der Waals surface area contributed by atoms with Gasteiger partial charge in [0, 0.05) is 19.6 Å². The highest BCUT2D eigenvalue weighted by atomic mass is 16.5. The van der Waals surface area contributed by atoms with Gasteiger partial charge in [-0.2, -0.15) is 0 Å². The molecule has 0 aromatic heterocycles. The highest BCUT2D eigenvalue weighted by molar-refractivity contribution is 6.03. The lowest BCUT2D eigenvalue weighted by atomic mass is 10.0. The summed E-state index contributed by atoms with van der Waals surface area (Å²) in [4.78, 5) is 25.1. The summed E-state index contributed by atoms with van der Waals surface area (Å²) in [7, 11) is 0. The number of amides is 2. The van der Waals surface area contributed by atoms with Crippen molar-refractivity contribution >= 4 is 17.5 Å². The van der Waals surface area contributed by atoms with Crippen LogP contribution in [-0.2, 0) is 9.53 Å². The molecule has 0 saturated carbocycles. The lowest BCUT2D eigenvalue weighted by Gasteiger charge is -2.13. The summed E-state index contributed by atoms with van der Waals surface area (Å²) in [6, 6.07) is 7.24. The number of nitrogens with one attached hydrogen (secondary N) is 2. The van der Waals surface area contributed by atoms with Gasteiger partial charge in [-0.15, -0.1) is 0 Å². The third-order valence-corrected chi connectivity index (χ3v) is 7.97. The molecule has 0 aliphatic carbocycles. The summed E-state index contributed by atoms with van der Waals surface area (Å²) >= 11 is 0. The molecule has 222 valence electrons. The van der Waals surface area contributed by atoms with Gasteiger partial charge in [-0.3, -0.25) is 9.59 Å². The van der Waals surface area contributed by atoms with Gasteiger partial charge in [-0.1, -0.05) is 135 Å². The molecule has 1 atom stereocenters. The van der Waals surface area contributed by atoms with Crippen LogP contribution >= 0.6 is 0 Å². The van der Waals surface area contributed by atoms with E-state index >= 15 is 0 Å². The van der Waals surface area contributed by atoms with Gasteiger partial charge in [-0.05, 0) is 31.4 Å². The third-order valence-electron chi connectivity index (χ3n) is 7.97. The molecule has 0 spiro atoms. The maximum Gasteiger partial charge on any atom is 0.253 e. The zero-order valence-corrected chi connectivity index (χ0v) is 25.1. The zero-order chi connectivity index (χ0) is 27.8. The average molecular weight is 543 g/mol. The van der Waals surface area contributed by atoms with Gasteiger partial charge in [0.05, 0.1) is 17.4 Å². The first-order chi connectivity index (χ1) is 19.2. The Balaban J connectivity index is 1.39. The number of hydrogen-bond acceptors (Lipinski definition) is 3. The molecular formula is C34H58N2O3. The maximum atomic E-state index is 12.6. The van der Waals surface area contributed by atoms with E-state index in [0.29, 0.717) is 24.2 Å². The second-order valence-corrected chi connectivity index (χ2v) is 11.6. The van der Waals surface area contributed by atoms with E-state index in [2.05, 4.69) is 17.6 Å². The average Bonchev–Trinajstić information content (AvgIpc) is 3.47. The Morgan fingerprint density at radius 1 is 0.744 bits per heavy atom. The van der Waals surface area contributed by atoms with Crippen molar-refractivity contribution in [2.75, 3.05) is 18.5 Å². The number of anilines is 1. The predicted molar refractivity (Wildman–Crippen MR) is 164 cm³/mol. The van der Waals surface area contributed by atoms with E-state index in [1.807, 2.05) is 12.1 Å². The van der Waals surface area contributed by atoms with Crippen molar-refractivity contribution in [1.82, 2.24) is 5.32 Å². The molecule has 1 heterocycles. The highest BCUT2D eigenvalue weighted by Gasteiger charge is 2.18. The number of carbonyl (C=O) groups is 2. The van der Waals surface area contributed by atoms with Crippen LogP contribution in [0.5, 0.6) is 0 Å². The minimum atomic E-state index is -0.162.